The lowest BCUT2D eigenvalue weighted by Crippen LogP contribution is -2.11. The highest BCUT2D eigenvalue weighted by molar-refractivity contribution is 5.73. The Morgan fingerprint density at radius 3 is 2.67 bits per heavy atom. The molecule has 1 atom stereocenters. The first-order valence-electron chi connectivity index (χ1n) is 4.26. The number of unbranched alkanes of at least 4 members (excludes halogenated alkanes) is 1. The quantitative estimate of drug-likeness (QED) is 0.451. The number of rotatable bonds is 6. The topological polar surface area (TPSA) is 43.4 Å². The molecule has 0 aliphatic heterocycles. The summed E-state index contributed by atoms with van der Waals surface area (Å²) in [5, 5.41) is 0. The number of carbonyl (C=O) groups excluding carboxylic acids is 2. The van der Waals surface area contributed by atoms with Crippen LogP contribution in [0.2, 0.25) is 0 Å². The van der Waals surface area contributed by atoms with Gasteiger partial charge in [-0.25, -0.2) is 0 Å². The SMILES string of the molecule is CCCCC(C=O)CC(=O)OC. The molecule has 0 fully saturated rings. The van der Waals surface area contributed by atoms with Crippen LogP contribution in [0.4, 0.5) is 0 Å². The fourth-order valence-electron chi connectivity index (χ4n) is 0.982. The standard InChI is InChI=1S/C9H16O3/c1-3-4-5-8(7-10)6-9(11)12-2/h7-8H,3-6H2,1-2H3. The number of hydrogen-bond acceptors (Lipinski definition) is 3. The minimum Gasteiger partial charge on any atom is -0.469 e. The molecule has 1 unspecified atom stereocenters. The molecular weight excluding hydrogens is 156 g/mol. The third-order valence-electron chi connectivity index (χ3n) is 1.78. The molecule has 0 aliphatic carbocycles. The largest absolute Gasteiger partial charge is 0.469 e. The lowest BCUT2D eigenvalue weighted by Gasteiger charge is -2.06. The molecule has 0 aromatic carbocycles. The van der Waals surface area contributed by atoms with Gasteiger partial charge in [-0.05, 0) is 6.42 Å². The predicted octanol–water partition coefficient (Wildman–Crippen LogP) is 1.55. The van der Waals surface area contributed by atoms with Gasteiger partial charge >= 0.3 is 5.97 Å². The minimum absolute atomic E-state index is 0.155. The van der Waals surface area contributed by atoms with E-state index in [1.165, 1.54) is 7.11 Å². The number of esters is 1. The summed E-state index contributed by atoms with van der Waals surface area (Å²) < 4.78 is 4.46. The summed E-state index contributed by atoms with van der Waals surface area (Å²) in [7, 11) is 1.34. The van der Waals surface area contributed by atoms with E-state index in [0.717, 1.165) is 25.5 Å². The van der Waals surface area contributed by atoms with E-state index >= 15 is 0 Å². The molecule has 0 saturated heterocycles. The van der Waals surface area contributed by atoms with Gasteiger partial charge in [0.1, 0.15) is 6.29 Å². The van der Waals surface area contributed by atoms with Crippen LogP contribution in [-0.4, -0.2) is 19.4 Å². The summed E-state index contributed by atoms with van der Waals surface area (Å²) >= 11 is 0. The number of hydrogen-bond donors (Lipinski definition) is 0. The van der Waals surface area contributed by atoms with Crippen molar-refractivity contribution < 1.29 is 14.3 Å². The predicted molar refractivity (Wildman–Crippen MR) is 45.7 cm³/mol. The van der Waals surface area contributed by atoms with Gasteiger partial charge in [-0.2, -0.15) is 0 Å². The lowest BCUT2D eigenvalue weighted by atomic mass is 10.0. The number of aldehydes is 1. The Balaban J connectivity index is 3.66. The van der Waals surface area contributed by atoms with E-state index in [4.69, 9.17) is 0 Å². The van der Waals surface area contributed by atoms with E-state index in [1.54, 1.807) is 0 Å². The zero-order valence-corrected chi connectivity index (χ0v) is 7.71. The molecule has 12 heavy (non-hydrogen) atoms. The Morgan fingerprint density at radius 2 is 2.25 bits per heavy atom. The maximum Gasteiger partial charge on any atom is 0.306 e. The normalized spacial score (nSPS) is 12.2. The fourth-order valence-corrected chi connectivity index (χ4v) is 0.982. The summed E-state index contributed by atoms with van der Waals surface area (Å²) in [5.41, 5.74) is 0. The van der Waals surface area contributed by atoms with Crippen LogP contribution in [0.15, 0.2) is 0 Å². The summed E-state index contributed by atoms with van der Waals surface area (Å²) in [6.45, 7) is 2.06. The molecule has 0 rings (SSSR count). The molecule has 0 saturated carbocycles. The van der Waals surface area contributed by atoms with Gasteiger partial charge in [0.05, 0.1) is 13.5 Å². The molecule has 0 N–H and O–H groups in total. The van der Waals surface area contributed by atoms with Crippen molar-refractivity contribution in [1.29, 1.82) is 0 Å². The Labute approximate surface area is 73.1 Å². The Hall–Kier alpha value is -0.860. The smallest absolute Gasteiger partial charge is 0.306 e. The van der Waals surface area contributed by atoms with Crippen molar-refractivity contribution in [2.24, 2.45) is 5.92 Å². The van der Waals surface area contributed by atoms with Gasteiger partial charge in [-0.15, -0.1) is 0 Å². The highest BCUT2D eigenvalue weighted by Gasteiger charge is 2.12. The van der Waals surface area contributed by atoms with Crippen LogP contribution >= 0.6 is 0 Å². The number of methoxy groups -OCH3 is 1. The maximum atomic E-state index is 10.8. The monoisotopic (exact) mass is 172 g/mol. The molecular formula is C9H16O3. The van der Waals surface area contributed by atoms with Gasteiger partial charge in [0.25, 0.3) is 0 Å². The van der Waals surface area contributed by atoms with E-state index < -0.39 is 0 Å². The van der Waals surface area contributed by atoms with Gasteiger partial charge < -0.3 is 9.53 Å². The molecule has 0 spiro atoms. The van der Waals surface area contributed by atoms with Gasteiger partial charge in [-0.3, -0.25) is 4.79 Å². The second-order valence-corrected chi connectivity index (χ2v) is 2.82. The second-order valence-electron chi connectivity index (χ2n) is 2.82. The van der Waals surface area contributed by atoms with Crippen molar-refractivity contribution in [1.82, 2.24) is 0 Å². The molecule has 0 aromatic heterocycles. The van der Waals surface area contributed by atoms with Crippen LogP contribution < -0.4 is 0 Å². The Kier molecular flexibility index (Phi) is 6.34. The highest BCUT2D eigenvalue weighted by atomic mass is 16.5. The van der Waals surface area contributed by atoms with E-state index in [2.05, 4.69) is 11.7 Å². The van der Waals surface area contributed by atoms with Crippen LogP contribution in [0.25, 0.3) is 0 Å². The van der Waals surface area contributed by atoms with E-state index in [-0.39, 0.29) is 18.3 Å². The first kappa shape index (κ1) is 11.1. The van der Waals surface area contributed by atoms with Gasteiger partial charge in [0, 0.05) is 5.92 Å². The Morgan fingerprint density at radius 1 is 1.58 bits per heavy atom. The fraction of sp³-hybridized carbons (Fsp3) is 0.778. The van der Waals surface area contributed by atoms with Crippen LogP contribution in [0.5, 0.6) is 0 Å². The van der Waals surface area contributed by atoms with Crippen LogP contribution in [0.1, 0.15) is 32.6 Å². The van der Waals surface area contributed by atoms with Crippen LogP contribution in [0, 0.1) is 5.92 Å². The van der Waals surface area contributed by atoms with Crippen molar-refractivity contribution in [3.8, 4) is 0 Å². The first-order chi connectivity index (χ1) is 5.74. The third kappa shape index (κ3) is 4.88. The van der Waals surface area contributed by atoms with Crippen molar-refractivity contribution in [2.45, 2.75) is 32.6 Å². The number of ether oxygens (including phenoxy) is 1. The average molecular weight is 172 g/mol. The molecule has 0 amide bonds. The number of carbonyl (C=O) groups is 2. The zero-order chi connectivity index (χ0) is 9.40. The van der Waals surface area contributed by atoms with Gasteiger partial charge in [0.15, 0.2) is 0 Å². The summed E-state index contributed by atoms with van der Waals surface area (Å²) in [4.78, 5) is 21.2. The zero-order valence-electron chi connectivity index (χ0n) is 7.71. The van der Waals surface area contributed by atoms with E-state index in [0.29, 0.717) is 0 Å². The molecule has 0 aromatic rings. The van der Waals surface area contributed by atoms with E-state index in [9.17, 15) is 9.59 Å². The summed E-state index contributed by atoms with van der Waals surface area (Å²) in [6.07, 6.45) is 3.88. The molecule has 0 radical (unpaired) electrons. The van der Waals surface area contributed by atoms with Crippen molar-refractivity contribution >= 4 is 12.3 Å². The summed E-state index contributed by atoms with van der Waals surface area (Å²) in [5.74, 6) is -0.458. The molecule has 3 nitrogen and oxygen atoms in total. The van der Waals surface area contributed by atoms with Crippen LogP contribution in [0.3, 0.4) is 0 Å². The lowest BCUT2D eigenvalue weighted by molar-refractivity contribution is -0.142. The van der Waals surface area contributed by atoms with E-state index in [1.807, 2.05) is 0 Å². The van der Waals surface area contributed by atoms with Crippen molar-refractivity contribution in [3.05, 3.63) is 0 Å². The molecule has 0 heterocycles. The maximum absolute atomic E-state index is 10.8. The van der Waals surface area contributed by atoms with Crippen LogP contribution in [-0.2, 0) is 14.3 Å². The van der Waals surface area contributed by atoms with Gasteiger partial charge in [0.2, 0.25) is 0 Å². The van der Waals surface area contributed by atoms with Gasteiger partial charge in [-0.1, -0.05) is 19.8 Å². The summed E-state index contributed by atoms with van der Waals surface area (Å²) in [6, 6.07) is 0. The third-order valence-corrected chi connectivity index (χ3v) is 1.78. The molecule has 0 bridgehead atoms. The minimum atomic E-state index is -0.303. The molecule has 0 aliphatic rings. The second kappa shape index (κ2) is 6.83. The average Bonchev–Trinajstić information content (AvgIpc) is 2.11. The first-order valence-corrected chi connectivity index (χ1v) is 4.26. The molecule has 70 valence electrons. The van der Waals surface area contributed by atoms with Crippen molar-refractivity contribution in [3.63, 3.8) is 0 Å². The van der Waals surface area contributed by atoms with Crippen molar-refractivity contribution in [2.75, 3.05) is 7.11 Å². The molecule has 3 heteroatoms. The highest BCUT2D eigenvalue weighted by Crippen LogP contribution is 2.10. The Bertz CT molecular complexity index is 143.